The summed E-state index contributed by atoms with van der Waals surface area (Å²) in [7, 11) is 1.65. The summed E-state index contributed by atoms with van der Waals surface area (Å²) in [6.07, 6.45) is 2.80. The molecule has 0 heterocycles. The van der Waals surface area contributed by atoms with Crippen LogP contribution < -0.4 is 4.74 Å². The van der Waals surface area contributed by atoms with Crippen LogP contribution in [0.25, 0.3) is 0 Å². The van der Waals surface area contributed by atoms with Gasteiger partial charge < -0.3 is 9.84 Å². The van der Waals surface area contributed by atoms with E-state index in [4.69, 9.17) is 9.84 Å². The molecule has 0 unspecified atom stereocenters. The fourth-order valence-electron chi connectivity index (χ4n) is 1.64. The fraction of sp³-hybridized carbons (Fsp3) is 0.462. The molecule has 0 saturated heterocycles. The van der Waals surface area contributed by atoms with Crippen molar-refractivity contribution in [2.75, 3.05) is 7.11 Å². The number of carboxylic acid groups (broad SMARTS) is 1. The molecule has 0 atom stereocenters. The highest BCUT2D eigenvalue weighted by molar-refractivity contribution is 5.66. The highest BCUT2D eigenvalue weighted by atomic mass is 16.5. The molecule has 0 bridgehead atoms. The predicted octanol–water partition coefficient (Wildman–Crippen LogP) is 2.80. The standard InChI is InChI=1S/C13H18O3/c1-10-7-8-12(16-2)9-11(10)5-3-4-6-13(14)15/h7-9H,3-6H2,1-2H3,(H,14,15). The van der Waals surface area contributed by atoms with E-state index in [0.29, 0.717) is 0 Å². The number of benzene rings is 1. The lowest BCUT2D eigenvalue weighted by molar-refractivity contribution is -0.137. The lowest BCUT2D eigenvalue weighted by Gasteiger charge is -2.07. The van der Waals surface area contributed by atoms with Crippen LogP contribution in [0.5, 0.6) is 5.75 Å². The maximum absolute atomic E-state index is 10.4. The normalized spacial score (nSPS) is 10.1. The molecule has 0 saturated carbocycles. The Morgan fingerprint density at radius 2 is 2.12 bits per heavy atom. The van der Waals surface area contributed by atoms with Crippen molar-refractivity contribution in [3.63, 3.8) is 0 Å². The second-order valence-electron chi connectivity index (χ2n) is 3.89. The van der Waals surface area contributed by atoms with Gasteiger partial charge in [0.2, 0.25) is 0 Å². The number of ether oxygens (including phenoxy) is 1. The number of aliphatic carboxylic acids is 1. The molecule has 0 amide bonds. The van der Waals surface area contributed by atoms with Crippen LogP contribution in [-0.2, 0) is 11.2 Å². The van der Waals surface area contributed by atoms with Crippen LogP contribution in [-0.4, -0.2) is 18.2 Å². The number of aryl methyl sites for hydroxylation is 2. The Balaban J connectivity index is 2.49. The minimum Gasteiger partial charge on any atom is -0.497 e. The van der Waals surface area contributed by atoms with Gasteiger partial charge in [-0.05, 0) is 49.4 Å². The monoisotopic (exact) mass is 222 g/mol. The van der Waals surface area contributed by atoms with Gasteiger partial charge in [-0.25, -0.2) is 0 Å². The average Bonchev–Trinajstić information content (AvgIpc) is 2.26. The summed E-state index contributed by atoms with van der Waals surface area (Å²) >= 11 is 0. The molecule has 1 aromatic rings. The molecule has 0 aromatic heterocycles. The Morgan fingerprint density at radius 1 is 1.38 bits per heavy atom. The van der Waals surface area contributed by atoms with Crippen molar-refractivity contribution in [3.05, 3.63) is 29.3 Å². The maximum Gasteiger partial charge on any atom is 0.303 e. The van der Waals surface area contributed by atoms with Gasteiger partial charge in [-0.15, -0.1) is 0 Å². The van der Waals surface area contributed by atoms with Crippen molar-refractivity contribution in [1.82, 2.24) is 0 Å². The third-order valence-electron chi connectivity index (χ3n) is 2.64. The molecule has 3 heteroatoms. The summed E-state index contributed by atoms with van der Waals surface area (Å²) in [6, 6.07) is 6.00. The number of methoxy groups -OCH3 is 1. The van der Waals surface area contributed by atoms with E-state index >= 15 is 0 Å². The van der Waals surface area contributed by atoms with E-state index in [2.05, 4.69) is 6.92 Å². The summed E-state index contributed by atoms with van der Waals surface area (Å²) in [6.45, 7) is 2.06. The first-order valence-corrected chi connectivity index (χ1v) is 5.49. The van der Waals surface area contributed by atoms with E-state index in [9.17, 15) is 4.79 Å². The van der Waals surface area contributed by atoms with Crippen LogP contribution in [0.15, 0.2) is 18.2 Å². The molecule has 0 radical (unpaired) electrons. The molecule has 0 aliphatic rings. The van der Waals surface area contributed by atoms with Crippen LogP contribution in [0, 0.1) is 6.92 Å². The van der Waals surface area contributed by atoms with Crippen LogP contribution in [0.1, 0.15) is 30.4 Å². The van der Waals surface area contributed by atoms with Crippen molar-refractivity contribution < 1.29 is 14.6 Å². The van der Waals surface area contributed by atoms with Gasteiger partial charge in [-0.2, -0.15) is 0 Å². The largest absolute Gasteiger partial charge is 0.497 e. The first kappa shape index (κ1) is 12.6. The van der Waals surface area contributed by atoms with E-state index in [1.54, 1.807) is 7.11 Å². The highest BCUT2D eigenvalue weighted by Gasteiger charge is 2.02. The van der Waals surface area contributed by atoms with Gasteiger partial charge >= 0.3 is 5.97 Å². The molecule has 0 aliphatic carbocycles. The van der Waals surface area contributed by atoms with Crippen LogP contribution in [0.3, 0.4) is 0 Å². The quantitative estimate of drug-likeness (QED) is 0.753. The zero-order valence-electron chi connectivity index (χ0n) is 9.82. The van der Waals surface area contributed by atoms with Gasteiger partial charge in [0.1, 0.15) is 5.75 Å². The number of carbonyl (C=O) groups is 1. The number of unbranched alkanes of at least 4 members (excludes halogenated alkanes) is 1. The van der Waals surface area contributed by atoms with E-state index in [1.807, 2.05) is 18.2 Å². The van der Waals surface area contributed by atoms with Crippen LogP contribution in [0.2, 0.25) is 0 Å². The molecule has 3 nitrogen and oxygen atoms in total. The summed E-state index contributed by atoms with van der Waals surface area (Å²) in [5.41, 5.74) is 2.47. The predicted molar refractivity (Wildman–Crippen MR) is 62.9 cm³/mol. The second-order valence-corrected chi connectivity index (χ2v) is 3.89. The summed E-state index contributed by atoms with van der Waals surface area (Å²) < 4.78 is 5.16. The molecular weight excluding hydrogens is 204 g/mol. The molecule has 88 valence electrons. The number of carboxylic acids is 1. The number of hydrogen-bond acceptors (Lipinski definition) is 2. The van der Waals surface area contributed by atoms with Gasteiger partial charge in [0.15, 0.2) is 0 Å². The molecule has 0 fully saturated rings. The topological polar surface area (TPSA) is 46.5 Å². The van der Waals surface area contributed by atoms with Crippen molar-refractivity contribution in [2.24, 2.45) is 0 Å². The molecule has 0 aliphatic heterocycles. The van der Waals surface area contributed by atoms with Gasteiger partial charge in [0, 0.05) is 6.42 Å². The third kappa shape index (κ3) is 3.93. The zero-order chi connectivity index (χ0) is 12.0. The molecule has 1 N–H and O–H groups in total. The minimum absolute atomic E-state index is 0.253. The summed E-state index contributed by atoms with van der Waals surface area (Å²) in [5.74, 6) is 0.140. The van der Waals surface area contributed by atoms with Crippen molar-refractivity contribution in [1.29, 1.82) is 0 Å². The molecule has 1 aromatic carbocycles. The summed E-state index contributed by atoms with van der Waals surface area (Å²) in [4.78, 5) is 10.4. The van der Waals surface area contributed by atoms with Gasteiger partial charge in [0.05, 0.1) is 7.11 Å². The fourth-order valence-corrected chi connectivity index (χ4v) is 1.64. The van der Waals surface area contributed by atoms with Crippen molar-refractivity contribution in [2.45, 2.75) is 32.6 Å². The number of hydrogen-bond donors (Lipinski definition) is 1. The first-order chi connectivity index (χ1) is 7.63. The molecule has 0 spiro atoms. The molecule has 1 rings (SSSR count). The zero-order valence-corrected chi connectivity index (χ0v) is 9.82. The second kappa shape index (κ2) is 6.16. The molecular formula is C13H18O3. The van der Waals surface area contributed by atoms with Crippen LogP contribution in [0.4, 0.5) is 0 Å². The Morgan fingerprint density at radius 3 is 2.75 bits per heavy atom. The average molecular weight is 222 g/mol. The lowest BCUT2D eigenvalue weighted by Crippen LogP contribution is -1.96. The van der Waals surface area contributed by atoms with E-state index in [-0.39, 0.29) is 6.42 Å². The highest BCUT2D eigenvalue weighted by Crippen LogP contribution is 2.19. The maximum atomic E-state index is 10.4. The van der Waals surface area contributed by atoms with E-state index in [0.717, 1.165) is 25.0 Å². The Bertz CT molecular complexity index is 358. The lowest BCUT2D eigenvalue weighted by atomic mass is 10.0. The van der Waals surface area contributed by atoms with Gasteiger partial charge in [-0.1, -0.05) is 6.07 Å². The van der Waals surface area contributed by atoms with Crippen LogP contribution >= 0.6 is 0 Å². The third-order valence-corrected chi connectivity index (χ3v) is 2.64. The number of rotatable bonds is 6. The molecule has 16 heavy (non-hydrogen) atoms. The van der Waals surface area contributed by atoms with Crippen molar-refractivity contribution >= 4 is 5.97 Å². The van der Waals surface area contributed by atoms with Gasteiger partial charge in [0.25, 0.3) is 0 Å². The minimum atomic E-state index is -0.720. The Labute approximate surface area is 96.1 Å². The van der Waals surface area contributed by atoms with E-state index < -0.39 is 5.97 Å². The van der Waals surface area contributed by atoms with E-state index in [1.165, 1.54) is 11.1 Å². The Hall–Kier alpha value is -1.51. The summed E-state index contributed by atoms with van der Waals surface area (Å²) in [5, 5.41) is 8.53. The SMILES string of the molecule is COc1ccc(C)c(CCCCC(=O)O)c1. The first-order valence-electron chi connectivity index (χ1n) is 5.49. The van der Waals surface area contributed by atoms with Crippen molar-refractivity contribution in [3.8, 4) is 5.75 Å². The van der Waals surface area contributed by atoms with Gasteiger partial charge in [-0.3, -0.25) is 4.79 Å². The smallest absolute Gasteiger partial charge is 0.303 e. The Kier molecular flexibility index (Phi) is 4.83.